The van der Waals surface area contributed by atoms with E-state index in [0.717, 1.165) is 17.7 Å². The quantitative estimate of drug-likeness (QED) is 0.723. The lowest BCUT2D eigenvalue weighted by Gasteiger charge is -2.23. The first-order chi connectivity index (χ1) is 10.0. The second-order valence-electron chi connectivity index (χ2n) is 5.30. The molecule has 0 aliphatic carbocycles. The lowest BCUT2D eigenvalue weighted by Crippen LogP contribution is -2.45. The molecule has 0 saturated heterocycles. The number of rotatable bonds is 7. The summed E-state index contributed by atoms with van der Waals surface area (Å²) >= 11 is 0. The fraction of sp³-hybridized carbons (Fsp3) is 0.562. The number of hydrogen-bond acceptors (Lipinski definition) is 3. The van der Waals surface area contributed by atoms with E-state index in [0.29, 0.717) is 0 Å². The van der Waals surface area contributed by atoms with Gasteiger partial charge in [-0.2, -0.15) is 0 Å². The fourth-order valence-electron chi connectivity index (χ4n) is 1.96. The molecule has 5 nitrogen and oxygen atoms in total. The molecule has 0 aromatic heterocycles. The monoisotopic (exact) mass is 294 g/mol. The van der Waals surface area contributed by atoms with E-state index < -0.39 is 0 Å². The van der Waals surface area contributed by atoms with Gasteiger partial charge >= 0.3 is 6.03 Å². The molecule has 0 spiro atoms. The van der Waals surface area contributed by atoms with Crippen molar-refractivity contribution in [2.45, 2.75) is 39.3 Å². The number of urea groups is 1. The third-order valence-electron chi connectivity index (χ3n) is 3.73. The van der Waals surface area contributed by atoms with Crippen LogP contribution in [0.4, 0.5) is 4.79 Å². The highest BCUT2D eigenvalue weighted by atomic mass is 16.5. The molecule has 1 aromatic rings. The summed E-state index contributed by atoms with van der Waals surface area (Å²) in [4.78, 5) is 12.0. The Hall–Kier alpha value is -1.75. The number of nitrogens with one attached hydrogen (secondary N) is 2. The minimum Gasteiger partial charge on any atom is -0.497 e. The van der Waals surface area contributed by atoms with Crippen LogP contribution in [0.5, 0.6) is 5.75 Å². The molecule has 118 valence electrons. The Morgan fingerprint density at radius 3 is 2.33 bits per heavy atom. The van der Waals surface area contributed by atoms with Crippen LogP contribution in [0.2, 0.25) is 0 Å². The van der Waals surface area contributed by atoms with Crippen molar-refractivity contribution in [1.82, 2.24) is 10.6 Å². The van der Waals surface area contributed by atoms with E-state index in [-0.39, 0.29) is 30.6 Å². The zero-order valence-corrected chi connectivity index (χ0v) is 13.2. The molecule has 0 bridgehead atoms. The van der Waals surface area contributed by atoms with Crippen LogP contribution in [-0.4, -0.2) is 30.9 Å². The Bertz CT molecular complexity index is 434. The molecular formula is C16H26N2O3. The summed E-state index contributed by atoms with van der Waals surface area (Å²) in [6.07, 6.45) is 0.795. The van der Waals surface area contributed by atoms with Crippen molar-refractivity contribution in [2.75, 3.05) is 13.7 Å². The highest BCUT2D eigenvalue weighted by Crippen LogP contribution is 2.20. The highest BCUT2D eigenvalue weighted by molar-refractivity contribution is 5.74. The summed E-state index contributed by atoms with van der Waals surface area (Å²) in [5.41, 5.74) is 1.04. The molecular weight excluding hydrogens is 268 g/mol. The first kappa shape index (κ1) is 17.3. The molecule has 0 aliphatic heterocycles. The summed E-state index contributed by atoms with van der Waals surface area (Å²) in [5.74, 6) is 0.820. The molecule has 21 heavy (non-hydrogen) atoms. The number of carbonyl (C=O) groups excluding carboxylic acids is 1. The van der Waals surface area contributed by atoms with E-state index >= 15 is 0 Å². The van der Waals surface area contributed by atoms with Gasteiger partial charge in [-0.1, -0.05) is 26.0 Å². The molecule has 0 saturated carbocycles. The number of aliphatic hydroxyl groups is 1. The van der Waals surface area contributed by atoms with Crippen LogP contribution in [0.25, 0.3) is 0 Å². The minimum absolute atomic E-state index is 0.0248. The van der Waals surface area contributed by atoms with Crippen LogP contribution < -0.4 is 15.4 Å². The summed E-state index contributed by atoms with van der Waals surface area (Å²) in [6.45, 7) is 5.85. The van der Waals surface area contributed by atoms with Crippen LogP contribution in [0, 0.1) is 5.92 Å². The number of hydrogen-bond donors (Lipinski definition) is 3. The zero-order valence-electron chi connectivity index (χ0n) is 13.2. The molecule has 3 N–H and O–H groups in total. The van der Waals surface area contributed by atoms with Gasteiger partial charge in [0.25, 0.3) is 0 Å². The SMILES string of the molecule is CCC(NC(=O)NC(C)C(C)CO)c1ccc(OC)cc1. The second kappa shape index (κ2) is 8.52. The van der Waals surface area contributed by atoms with E-state index in [1.54, 1.807) is 7.11 Å². The van der Waals surface area contributed by atoms with E-state index in [1.165, 1.54) is 0 Å². The normalized spacial score (nSPS) is 14.9. The molecule has 3 unspecified atom stereocenters. The molecule has 3 atom stereocenters. The van der Waals surface area contributed by atoms with Gasteiger partial charge < -0.3 is 20.5 Å². The van der Waals surface area contributed by atoms with Gasteiger partial charge in [0, 0.05) is 12.6 Å². The molecule has 0 aliphatic rings. The molecule has 0 heterocycles. The number of amides is 2. The lowest BCUT2D eigenvalue weighted by molar-refractivity contribution is 0.199. The van der Waals surface area contributed by atoms with Gasteiger partial charge in [0.1, 0.15) is 5.75 Å². The molecule has 5 heteroatoms. The van der Waals surface area contributed by atoms with E-state index in [2.05, 4.69) is 10.6 Å². The second-order valence-corrected chi connectivity index (χ2v) is 5.30. The fourth-order valence-corrected chi connectivity index (χ4v) is 1.96. The average molecular weight is 294 g/mol. The summed E-state index contributed by atoms with van der Waals surface area (Å²) in [5, 5.41) is 14.9. The number of methoxy groups -OCH3 is 1. The van der Waals surface area contributed by atoms with Gasteiger partial charge in [-0.15, -0.1) is 0 Å². The van der Waals surface area contributed by atoms with Crippen LogP contribution in [-0.2, 0) is 0 Å². The molecule has 2 amide bonds. The molecule has 0 fully saturated rings. The van der Waals surface area contributed by atoms with Gasteiger partial charge in [0.05, 0.1) is 13.2 Å². The summed E-state index contributed by atoms with van der Waals surface area (Å²) < 4.78 is 5.13. The first-order valence-corrected chi connectivity index (χ1v) is 7.33. The van der Waals surface area contributed by atoms with Gasteiger partial charge in [0.2, 0.25) is 0 Å². The first-order valence-electron chi connectivity index (χ1n) is 7.33. The Morgan fingerprint density at radius 1 is 1.24 bits per heavy atom. The maximum Gasteiger partial charge on any atom is 0.315 e. The minimum atomic E-state index is -0.217. The maximum atomic E-state index is 12.0. The van der Waals surface area contributed by atoms with Crippen LogP contribution in [0.1, 0.15) is 38.8 Å². The average Bonchev–Trinajstić information content (AvgIpc) is 2.51. The van der Waals surface area contributed by atoms with Crippen molar-refractivity contribution in [2.24, 2.45) is 5.92 Å². The van der Waals surface area contributed by atoms with Gasteiger partial charge in [-0.25, -0.2) is 4.79 Å². The lowest BCUT2D eigenvalue weighted by atomic mass is 10.0. The van der Waals surface area contributed by atoms with Crippen molar-refractivity contribution in [3.63, 3.8) is 0 Å². The number of aliphatic hydroxyl groups excluding tert-OH is 1. The predicted molar refractivity (Wildman–Crippen MR) is 83.4 cm³/mol. The molecule has 1 rings (SSSR count). The van der Waals surface area contributed by atoms with Crippen molar-refractivity contribution < 1.29 is 14.6 Å². The van der Waals surface area contributed by atoms with Crippen LogP contribution in [0.15, 0.2) is 24.3 Å². The summed E-state index contributed by atoms with van der Waals surface area (Å²) in [6, 6.07) is 7.32. The van der Waals surface area contributed by atoms with Gasteiger partial charge in [-0.3, -0.25) is 0 Å². The van der Waals surface area contributed by atoms with E-state index in [1.807, 2.05) is 45.0 Å². The Labute approximate surface area is 126 Å². The third kappa shape index (κ3) is 5.27. The topological polar surface area (TPSA) is 70.6 Å². The number of ether oxygens (including phenoxy) is 1. The van der Waals surface area contributed by atoms with Crippen molar-refractivity contribution in [1.29, 1.82) is 0 Å². The van der Waals surface area contributed by atoms with Crippen LogP contribution in [0.3, 0.4) is 0 Å². The predicted octanol–water partition coefficient (Wildman–Crippen LogP) is 2.46. The van der Waals surface area contributed by atoms with Crippen LogP contribution >= 0.6 is 0 Å². The van der Waals surface area contributed by atoms with Crippen molar-refractivity contribution in [3.05, 3.63) is 29.8 Å². The van der Waals surface area contributed by atoms with E-state index in [9.17, 15) is 4.79 Å². The third-order valence-corrected chi connectivity index (χ3v) is 3.73. The number of benzene rings is 1. The van der Waals surface area contributed by atoms with E-state index in [4.69, 9.17) is 9.84 Å². The Morgan fingerprint density at radius 2 is 1.86 bits per heavy atom. The van der Waals surface area contributed by atoms with Gasteiger partial charge in [0.15, 0.2) is 0 Å². The van der Waals surface area contributed by atoms with Gasteiger partial charge in [-0.05, 0) is 37.0 Å². The Kier molecular flexibility index (Phi) is 7.02. The maximum absolute atomic E-state index is 12.0. The molecule has 1 aromatic carbocycles. The number of carbonyl (C=O) groups is 1. The molecule has 0 radical (unpaired) electrons. The van der Waals surface area contributed by atoms with Crippen molar-refractivity contribution in [3.8, 4) is 5.75 Å². The Balaban J connectivity index is 2.62. The van der Waals surface area contributed by atoms with Crippen molar-refractivity contribution >= 4 is 6.03 Å². The highest BCUT2D eigenvalue weighted by Gasteiger charge is 2.17. The standard InChI is InChI=1S/C16H26N2O3/c1-5-15(13-6-8-14(21-4)9-7-13)18-16(20)17-12(3)11(2)10-19/h6-9,11-12,15,19H,5,10H2,1-4H3,(H2,17,18,20). The summed E-state index contributed by atoms with van der Waals surface area (Å²) in [7, 11) is 1.63. The zero-order chi connectivity index (χ0) is 15.8. The largest absolute Gasteiger partial charge is 0.497 e. The smallest absolute Gasteiger partial charge is 0.315 e.